The van der Waals surface area contributed by atoms with Crippen LogP contribution in [-0.2, 0) is 11.2 Å². The molecule has 0 aromatic heterocycles. The Labute approximate surface area is 101 Å². The van der Waals surface area contributed by atoms with Gasteiger partial charge in [0.1, 0.15) is 5.75 Å². The summed E-state index contributed by atoms with van der Waals surface area (Å²) in [6.45, 7) is 3.75. The van der Waals surface area contributed by atoms with Crippen LogP contribution in [-0.4, -0.2) is 16.7 Å². The number of benzene rings is 1. The van der Waals surface area contributed by atoms with E-state index in [9.17, 15) is 9.90 Å². The molecule has 0 heterocycles. The van der Waals surface area contributed by atoms with Crippen LogP contribution in [0.2, 0.25) is 0 Å². The molecule has 0 saturated heterocycles. The lowest BCUT2D eigenvalue weighted by Crippen LogP contribution is -2.43. The predicted molar refractivity (Wildman–Crippen MR) is 65.2 cm³/mol. The molecule has 0 aliphatic heterocycles. The van der Waals surface area contributed by atoms with Crippen molar-refractivity contribution in [3.05, 3.63) is 29.8 Å². The van der Waals surface area contributed by atoms with Gasteiger partial charge in [-0.2, -0.15) is 0 Å². The van der Waals surface area contributed by atoms with Crippen molar-refractivity contribution in [3.8, 4) is 5.75 Å². The van der Waals surface area contributed by atoms with E-state index >= 15 is 0 Å². The monoisotopic (exact) mass is 234 g/mol. The van der Waals surface area contributed by atoms with Gasteiger partial charge >= 0.3 is 5.97 Å². The van der Waals surface area contributed by atoms with Gasteiger partial charge in [-0.3, -0.25) is 0 Å². The topological polar surface area (TPSA) is 46.5 Å². The smallest absolute Gasteiger partial charge is 0.348 e. The minimum Gasteiger partial charge on any atom is -0.478 e. The van der Waals surface area contributed by atoms with Crippen molar-refractivity contribution in [2.24, 2.45) is 5.92 Å². The highest BCUT2D eigenvalue weighted by Crippen LogP contribution is 2.42. The van der Waals surface area contributed by atoms with Gasteiger partial charge in [-0.15, -0.1) is 0 Å². The number of carboxylic acid groups (broad SMARTS) is 1. The Kier molecular flexibility index (Phi) is 3.09. The van der Waals surface area contributed by atoms with Crippen LogP contribution in [0.4, 0.5) is 0 Å². The Morgan fingerprint density at radius 1 is 1.41 bits per heavy atom. The zero-order valence-electron chi connectivity index (χ0n) is 10.3. The molecule has 1 atom stereocenters. The van der Waals surface area contributed by atoms with Crippen molar-refractivity contribution < 1.29 is 14.6 Å². The molecule has 17 heavy (non-hydrogen) atoms. The van der Waals surface area contributed by atoms with Crippen LogP contribution in [0.5, 0.6) is 5.75 Å². The van der Waals surface area contributed by atoms with Crippen LogP contribution < -0.4 is 4.74 Å². The van der Waals surface area contributed by atoms with Gasteiger partial charge in [-0.25, -0.2) is 4.79 Å². The van der Waals surface area contributed by atoms with E-state index in [-0.39, 0.29) is 5.92 Å². The van der Waals surface area contributed by atoms with Gasteiger partial charge in [-0.1, -0.05) is 19.1 Å². The first-order chi connectivity index (χ1) is 8.06. The number of ether oxygens (including phenoxy) is 1. The molecule has 0 radical (unpaired) electrons. The summed E-state index contributed by atoms with van der Waals surface area (Å²) in [5, 5.41) is 9.28. The Morgan fingerprint density at radius 2 is 2.00 bits per heavy atom. The fourth-order valence-corrected chi connectivity index (χ4v) is 1.97. The largest absolute Gasteiger partial charge is 0.478 e. The molecule has 0 spiro atoms. The lowest BCUT2D eigenvalue weighted by molar-refractivity contribution is -0.155. The molecule has 0 amide bonds. The maximum Gasteiger partial charge on any atom is 0.348 e. The van der Waals surface area contributed by atoms with Crippen LogP contribution in [0.25, 0.3) is 0 Å². The molecule has 2 rings (SSSR count). The summed E-state index contributed by atoms with van der Waals surface area (Å²) in [6.07, 6.45) is 2.85. The summed E-state index contributed by atoms with van der Waals surface area (Å²) in [7, 11) is 0. The van der Waals surface area contributed by atoms with Gasteiger partial charge in [0.05, 0.1) is 0 Å². The van der Waals surface area contributed by atoms with Gasteiger partial charge in [0.2, 0.25) is 5.60 Å². The molecule has 1 saturated carbocycles. The quantitative estimate of drug-likeness (QED) is 0.852. The van der Waals surface area contributed by atoms with E-state index in [1.165, 1.54) is 5.56 Å². The van der Waals surface area contributed by atoms with Crippen LogP contribution in [0.1, 0.15) is 32.3 Å². The molecule has 1 aliphatic rings. The second-order valence-corrected chi connectivity index (χ2v) is 4.79. The number of hydrogen-bond acceptors (Lipinski definition) is 2. The second-order valence-electron chi connectivity index (χ2n) is 4.79. The molecule has 1 N–H and O–H groups in total. The summed E-state index contributed by atoms with van der Waals surface area (Å²) >= 11 is 0. The SMILES string of the molecule is CCc1ccc(OC(C)(C(=O)O)C2CC2)cc1. The zero-order valence-corrected chi connectivity index (χ0v) is 10.3. The molecule has 1 unspecified atom stereocenters. The lowest BCUT2D eigenvalue weighted by Gasteiger charge is -2.26. The normalized spacial score (nSPS) is 18.5. The molecule has 1 aromatic rings. The summed E-state index contributed by atoms with van der Waals surface area (Å²) in [4.78, 5) is 11.3. The minimum atomic E-state index is -1.08. The van der Waals surface area contributed by atoms with E-state index in [1.807, 2.05) is 24.3 Å². The van der Waals surface area contributed by atoms with Crippen molar-refractivity contribution >= 4 is 5.97 Å². The predicted octanol–water partition coefficient (Wildman–Crippen LogP) is 2.88. The van der Waals surface area contributed by atoms with E-state index in [0.717, 1.165) is 19.3 Å². The van der Waals surface area contributed by atoms with Crippen molar-refractivity contribution in [1.82, 2.24) is 0 Å². The molecule has 1 aliphatic carbocycles. The standard InChI is InChI=1S/C14H18O3/c1-3-10-4-8-12(9-5-10)17-14(2,13(15)16)11-6-7-11/h4-5,8-9,11H,3,6-7H2,1-2H3,(H,15,16). The van der Waals surface area contributed by atoms with E-state index < -0.39 is 11.6 Å². The van der Waals surface area contributed by atoms with Crippen molar-refractivity contribution in [2.75, 3.05) is 0 Å². The first-order valence-corrected chi connectivity index (χ1v) is 6.07. The Hall–Kier alpha value is -1.51. The first-order valence-electron chi connectivity index (χ1n) is 6.07. The second kappa shape index (κ2) is 4.40. The maximum absolute atomic E-state index is 11.3. The minimum absolute atomic E-state index is 0.144. The Bertz CT molecular complexity index is 406. The summed E-state index contributed by atoms with van der Waals surface area (Å²) < 4.78 is 5.69. The first kappa shape index (κ1) is 12.0. The Balaban J connectivity index is 2.14. The molecular weight excluding hydrogens is 216 g/mol. The highest BCUT2D eigenvalue weighted by atomic mass is 16.5. The third-order valence-corrected chi connectivity index (χ3v) is 3.44. The van der Waals surface area contributed by atoms with Gasteiger partial charge in [0.25, 0.3) is 0 Å². The highest BCUT2D eigenvalue weighted by molar-refractivity contribution is 5.78. The average molecular weight is 234 g/mol. The molecule has 3 nitrogen and oxygen atoms in total. The van der Waals surface area contributed by atoms with Crippen LogP contribution in [0, 0.1) is 5.92 Å². The molecule has 92 valence electrons. The number of hydrogen-bond donors (Lipinski definition) is 1. The lowest BCUT2D eigenvalue weighted by atomic mass is 10.0. The van der Waals surface area contributed by atoms with Gasteiger partial charge in [0, 0.05) is 5.92 Å². The van der Waals surface area contributed by atoms with E-state index in [4.69, 9.17) is 4.74 Å². The van der Waals surface area contributed by atoms with Gasteiger partial charge in [-0.05, 0) is 43.9 Å². The number of aryl methyl sites for hydroxylation is 1. The van der Waals surface area contributed by atoms with E-state index in [2.05, 4.69) is 6.92 Å². The summed E-state index contributed by atoms with van der Waals surface area (Å²) in [5.41, 5.74) is 0.147. The van der Waals surface area contributed by atoms with E-state index in [1.54, 1.807) is 6.92 Å². The maximum atomic E-state index is 11.3. The molecule has 1 fully saturated rings. The third-order valence-electron chi connectivity index (χ3n) is 3.44. The van der Waals surface area contributed by atoms with Gasteiger partial charge < -0.3 is 9.84 Å². The fraction of sp³-hybridized carbons (Fsp3) is 0.500. The average Bonchev–Trinajstić information content (AvgIpc) is 3.13. The highest BCUT2D eigenvalue weighted by Gasteiger charge is 2.49. The molecule has 0 bridgehead atoms. The van der Waals surface area contributed by atoms with Crippen LogP contribution in [0.3, 0.4) is 0 Å². The summed E-state index contributed by atoms with van der Waals surface area (Å²) in [6, 6.07) is 7.65. The van der Waals surface area contributed by atoms with Crippen LogP contribution >= 0.6 is 0 Å². The number of rotatable bonds is 5. The van der Waals surface area contributed by atoms with Crippen molar-refractivity contribution in [1.29, 1.82) is 0 Å². The fourth-order valence-electron chi connectivity index (χ4n) is 1.97. The van der Waals surface area contributed by atoms with Crippen molar-refractivity contribution in [3.63, 3.8) is 0 Å². The Morgan fingerprint density at radius 3 is 2.41 bits per heavy atom. The van der Waals surface area contributed by atoms with Crippen LogP contribution in [0.15, 0.2) is 24.3 Å². The van der Waals surface area contributed by atoms with E-state index in [0.29, 0.717) is 5.75 Å². The van der Waals surface area contributed by atoms with Crippen molar-refractivity contribution in [2.45, 2.75) is 38.7 Å². The summed E-state index contributed by atoms with van der Waals surface area (Å²) in [5.74, 6) is -0.0931. The number of carbonyl (C=O) groups is 1. The molecule has 1 aromatic carbocycles. The third kappa shape index (κ3) is 2.43. The zero-order chi connectivity index (χ0) is 12.5. The molecule has 3 heteroatoms. The van der Waals surface area contributed by atoms with Gasteiger partial charge in [0.15, 0.2) is 0 Å². The number of aliphatic carboxylic acids is 1. The number of carboxylic acids is 1. The molecular formula is C14H18O3.